The lowest BCUT2D eigenvalue weighted by atomic mass is 9.99. The summed E-state index contributed by atoms with van der Waals surface area (Å²) in [5.74, 6) is -1.69. The molecule has 0 aliphatic carbocycles. The summed E-state index contributed by atoms with van der Waals surface area (Å²) in [7, 11) is -3.29. The van der Waals surface area contributed by atoms with Crippen molar-refractivity contribution in [3.8, 4) is 0 Å². The van der Waals surface area contributed by atoms with Crippen LogP contribution in [0.2, 0.25) is 0 Å². The van der Waals surface area contributed by atoms with Crippen LogP contribution in [0.3, 0.4) is 0 Å². The Kier molecular flexibility index (Phi) is 4.21. The first-order valence-electron chi connectivity index (χ1n) is 6.26. The minimum absolute atomic E-state index is 0.0156. The van der Waals surface area contributed by atoms with Gasteiger partial charge in [-0.2, -0.15) is 0 Å². The fourth-order valence-corrected chi connectivity index (χ4v) is 3.87. The average Bonchev–Trinajstić information content (AvgIpc) is 2.37. The molecule has 0 spiro atoms. The highest BCUT2D eigenvalue weighted by molar-refractivity contribution is 7.89. The molecule has 0 bridgehead atoms. The van der Waals surface area contributed by atoms with Gasteiger partial charge in [0.15, 0.2) is 0 Å². The van der Waals surface area contributed by atoms with E-state index in [2.05, 4.69) is 0 Å². The van der Waals surface area contributed by atoms with Crippen molar-refractivity contribution >= 4 is 16.0 Å². The van der Waals surface area contributed by atoms with E-state index in [0.717, 1.165) is 6.42 Å². The van der Waals surface area contributed by atoms with Gasteiger partial charge in [-0.15, -0.1) is 0 Å². The highest BCUT2D eigenvalue weighted by atomic mass is 32.2. The van der Waals surface area contributed by atoms with Gasteiger partial charge in [0.1, 0.15) is 0 Å². The van der Waals surface area contributed by atoms with Crippen molar-refractivity contribution in [3.63, 3.8) is 0 Å². The molecule has 2 rings (SSSR count). The summed E-state index contributed by atoms with van der Waals surface area (Å²) >= 11 is 0. The second-order valence-corrected chi connectivity index (χ2v) is 6.77. The number of benzene rings is 1. The lowest BCUT2D eigenvalue weighted by Gasteiger charge is -2.28. The Morgan fingerprint density at radius 2 is 1.95 bits per heavy atom. The van der Waals surface area contributed by atoms with Gasteiger partial charge in [0, 0.05) is 13.1 Å². The maximum atomic E-state index is 11.9. The van der Waals surface area contributed by atoms with Crippen LogP contribution in [0.25, 0.3) is 0 Å². The van der Waals surface area contributed by atoms with E-state index in [-0.39, 0.29) is 12.3 Å². The first-order valence-corrected chi connectivity index (χ1v) is 7.87. The number of nitrogens with zero attached hydrogens (tertiary/aromatic N) is 1. The third kappa shape index (κ3) is 3.33. The largest absolute Gasteiger partial charge is 0.481 e. The van der Waals surface area contributed by atoms with Gasteiger partial charge < -0.3 is 5.11 Å². The smallest absolute Gasteiger partial charge is 0.312 e. The van der Waals surface area contributed by atoms with E-state index in [1.165, 1.54) is 4.31 Å². The van der Waals surface area contributed by atoms with Crippen molar-refractivity contribution in [2.75, 3.05) is 18.8 Å². The number of carboxylic acid groups (broad SMARTS) is 1. The molecule has 6 heteroatoms. The summed E-state index contributed by atoms with van der Waals surface area (Å²) in [6.45, 7) is 0.431. The van der Waals surface area contributed by atoms with Crippen LogP contribution in [0.5, 0.6) is 0 Å². The van der Waals surface area contributed by atoms with E-state index < -0.39 is 21.9 Å². The van der Waals surface area contributed by atoms with Gasteiger partial charge in [-0.3, -0.25) is 4.79 Å². The maximum absolute atomic E-state index is 11.9. The van der Waals surface area contributed by atoms with E-state index in [0.29, 0.717) is 18.5 Å². The van der Waals surface area contributed by atoms with E-state index in [9.17, 15) is 18.3 Å². The molecule has 0 saturated carbocycles. The molecule has 104 valence electrons. The molecule has 1 heterocycles. The molecule has 5 nitrogen and oxygen atoms in total. The monoisotopic (exact) mass is 283 g/mol. The number of carbonyl (C=O) groups is 1. The minimum atomic E-state index is -3.29. The zero-order valence-corrected chi connectivity index (χ0v) is 11.3. The molecule has 1 aromatic carbocycles. The van der Waals surface area contributed by atoms with Crippen molar-refractivity contribution in [1.29, 1.82) is 0 Å². The zero-order valence-electron chi connectivity index (χ0n) is 10.5. The van der Waals surface area contributed by atoms with Gasteiger partial charge in [-0.25, -0.2) is 12.7 Å². The Hall–Kier alpha value is -1.40. The van der Waals surface area contributed by atoms with Crippen LogP contribution in [0.1, 0.15) is 24.3 Å². The predicted octanol–water partition coefficient (Wildman–Crippen LogP) is 1.28. The van der Waals surface area contributed by atoms with Gasteiger partial charge in [-0.05, 0) is 18.4 Å². The molecule has 1 aliphatic heterocycles. The van der Waals surface area contributed by atoms with Gasteiger partial charge >= 0.3 is 5.97 Å². The van der Waals surface area contributed by atoms with Gasteiger partial charge in [0.2, 0.25) is 10.0 Å². The number of hydrogen-bond acceptors (Lipinski definition) is 3. The molecule has 0 amide bonds. The standard InChI is InChI=1S/C13H17NO4S/c15-13(16)12(11-6-2-1-3-7-11)10-14-8-4-5-9-19(14,17)18/h1-3,6-7,12H,4-5,8-10H2,(H,15,16). The number of sulfonamides is 1. The molecule has 1 aliphatic rings. The van der Waals surface area contributed by atoms with Crippen molar-refractivity contribution in [1.82, 2.24) is 4.31 Å². The molecular weight excluding hydrogens is 266 g/mol. The van der Waals surface area contributed by atoms with Crippen LogP contribution >= 0.6 is 0 Å². The third-order valence-corrected chi connectivity index (χ3v) is 5.26. The van der Waals surface area contributed by atoms with E-state index >= 15 is 0 Å². The highest BCUT2D eigenvalue weighted by Gasteiger charge is 2.31. The Morgan fingerprint density at radius 1 is 1.26 bits per heavy atom. The fourth-order valence-electron chi connectivity index (χ4n) is 2.26. The lowest BCUT2D eigenvalue weighted by molar-refractivity contribution is -0.139. The molecule has 1 fully saturated rings. The topological polar surface area (TPSA) is 74.7 Å². The highest BCUT2D eigenvalue weighted by Crippen LogP contribution is 2.22. The molecule has 1 atom stereocenters. The molecule has 1 N–H and O–H groups in total. The van der Waals surface area contributed by atoms with Gasteiger partial charge in [-0.1, -0.05) is 30.3 Å². The fraction of sp³-hybridized carbons (Fsp3) is 0.462. The summed E-state index contributed by atoms with van der Waals surface area (Å²) in [4.78, 5) is 11.4. The van der Waals surface area contributed by atoms with E-state index in [1.54, 1.807) is 30.3 Å². The van der Waals surface area contributed by atoms with Crippen molar-refractivity contribution in [3.05, 3.63) is 35.9 Å². The predicted molar refractivity (Wildman–Crippen MR) is 71.4 cm³/mol. The van der Waals surface area contributed by atoms with E-state index in [4.69, 9.17) is 0 Å². The average molecular weight is 283 g/mol. The van der Waals surface area contributed by atoms with Crippen molar-refractivity contribution in [2.45, 2.75) is 18.8 Å². The number of carboxylic acids is 1. The van der Waals surface area contributed by atoms with Crippen LogP contribution in [0.15, 0.2) is 30.3 Å². The van der Waals surface area contributed by atoms with Crippen LogP contribution in [-0.2, 0) is 14.8 Å². The van der Waals surface area contributed by atoms with Crippen LogP contribution in [0, 0.1) is 0 Å². The van der Waals surface area contributed by atoms with Crippen LogP contribution < -0.4 is 0 Å². The zero-order chi connectivity index (χ0) is 13.9. The number of rotatable bonds is 4. The minimum Gasteiger partial charge on any atom is -0.481 e. The first kappa shape index (κ1) is 14.0. The summed E-state index contributed by atoms with van der Waals surface area (Å²) < 4.78 is 25.1. The van der Waals surface area contributed by atoms with Gasteiger partial charge in [0.05, 0.1) is 11.7 Å². The molecule has 1 aromatic rings. The Labute approximate surface area is 112 Å². The first-order chi connectivity index (χ1) is 9.00. The normalized spacial score (nSPS) is 20.8. The Balaban J connectivity index is 2.20. The lowest BCUT2D eigenvalue weighted by Crippen LogP contribution is -2.41. The molecule has 1 unspecified atom stereocenters. The van der Waals surface area contributed by atoms with Crippen molar-refractivity contribution < 1.29 is 18.3 Å². The number of aliphatic carboxylic acids is 1. The van der Waals surface area contributed by atoms with Crippen LogP contribution in [-0.4, -0.2) is 42.6 Å². The Morgan fingerprint density at radius 3 is 2.53 bits per heavy atom. The second kappa shape index (κ2) is 5.71. The molecule has 0 radical (unpaired) electrons. The molecule has 0 aromatic heterocycles. The quantitative estimate of drug-likeness (QED) is 0.903. The van der Waals surface area contributed by atoms with Gasteiger partial charge in [0.25, 0.3) is 0 Å². The summed E-state index contributed by atoms with van der Waals surface area (Å²) in [5.41, 5.74) is 0.635. The molecule has 19 heavy (non-hydrogen) atoms. The van der Waals surface area contributed by atoms with E-state index in [1.807, 2.05) is 0 Å². The number of hydrogen-bond donors (Lipinski definition) is 1. The second-order valence-electron chi connectivity index (χ2n) is 4.68. The molecule has 1 saturated heterocycles. The summed E-state index contributed by atoms with van der Waals surface area (Å²) in [6.07, 6.45) is 1.45. The summed E-state index contributed by atoms with van der Waals surface area (Å²) in [6, 6.07) is 8.76. The van der Waals surface area contributed by atoms with Crippen LogP contribution in [0.4, 0.5) is 0 Å². The third-order valence-electron chi connectivity index (χ3n) is 3.34. The Bertz CT molecular complexity index is 541. The summed E-state index contributed by atoms with van der Waals surface area (Å²) in [5, 5.41) is 9.31. The maximum Gasteiger partial charge on any atom is 0.312 e. The SMILES string of the molecule is O=C(O)C(CN1CCCCS1(=O)=O)c1ccccc1. The van der Waals surface area contributed by atoms with Crippen molar-refractivity contribution in [2.24, 2.45) is 0 Å². The molecular formula is C13H17NO4S.